The number of nitrogens with zero attached hydrogens (tertiary/aromatic N) is 6. The molecular weight excluding hydrogens is 796 g/mol. The molecule has 0 radical (unpaired) electrons. The van der Waals surface area contributed by atoms with E-state index in [4.69, 9.17) is 14.2 Å². The van der Waals surface area contributed by atoms with E-state index in [-0.39, 0.29) is 31.2 Å². The molecule has 3 aromatic carbocycles. The van der Waals surface area contributed by atoms with E-state index in [0.717, 1.165) is 32.6 Å². The molecule has 3 aromatic heterocycles. The zero-order chi connectivity index (χ0) is 41.9. The van der Waals surface area contributed by atoms with E-state index in [1.807, 2.05) is 69.4 Å². The maximum absolute atomic E-state index is 15.0. The van der Waals surface area contributed by atoms with Crippen LogP contribution in [-0.4, -0.2) is 83.1 Å². The number of carboxylic acid groups (broad SMARTS) is 1. The van der Waals surface area contributed by atoms with Crippen molar-refractivity contribution < 1.29 is 33.3 Å². The van der Waals surface area contributed by atoms with Gasteiger partial charge in [0.05, 0.1) is 30.0 Å². The molecule has 0 aliphatic carbocycles. The number of carbonyl (C=O) groups excluding carboxylic acids is 1. The van der Waals surface area contributed by atoms with Crippen LogP contribution in [0.25, 0.3) is 10.2 Å². The van der Waals surface area contributed by atoms with Crippen molar-refractivity contribution in [1.82, 2.24) is 25.1 Å². The highest BCUT2D eigenvalue weighted by atomic mass is 32.1. The monoisotopic (exact) mass is 838 g/mol. The lowest BCUT2D eigenvalue weighted by atomic mass is 10.1. The van der Waals surface area contributed by atoms with Crippen LogP contribution >= 0.6 is 22.7 Å². The van der Waals surface area contributed by atoms with Crippen molar-refractivity contribution in [2.24, 2.45) is 0 Å². The van der Waals surface area contributed by atoms with Gasteiger partial charge in [-0.3, -0.25) is 0 Å². The molecule has 1 amide bonds. The number of halogens is 1. The Morgan fingerprint density at radius 3 is 2.56 bits per heavy atom. The topological polar surface area (TPSA) is 164 Å². The van der Waals surface area contributed by atoms with Gasteiger partial charge in [-0.25, -0.2) is 23.9 Å². The maximum Gasteiger partial charge on any atom is 0.410 e. The second-order valence-electron chi connectivity index (χ2n) is 13.2. The SMILES string of the molecule is CCOCc1cc(NC)ccc1COC(=O)N(C)CC#Cc1ccc(OCCCc2sc(N(C)c3cc(C)c(Nc4nc5ccccc5s4)nn3)nc2C(=O)O)c(F)c1. The fourth-order valence-electron chi connectivity index (χ4n) is 5.66. The van der Waals surface area contributed by atoms with E-state index in [1.165, 1.54) is 39.7 Å². The number of hydrogen-bond acceptors (Lipinski definition) is 14. The minimum absolute atomic E-state index is 0.0425. The Kier molecular flexibility index (Phi) is 14.2. The average molecular weight is 839 g/mol. The van der Waals surface area contributed by atoms with Crippen molar-refractivity contribution in [3.05, 3.63) is 105 Å². The molecule has 0 saturated heterocycles. The van der Waals surface area contributed by atoms with E-state index >= 15 is 0 Å². The summed E-state index contributed by atoms with van der Waals surface area (Å²) < 4.78 is 32.8. The second kappa shape index (κ2) is 19.9. The van der Waals surface area contributed by atoms with Gasteiger partial charge in [0.25, 0.3) is 0 Å². The van der Waals surface area contributed by atoms with Crippen LogP contribution in [0.15, 0.2) is 66.7 Å². The molecule has 59 heavy (non-hydrogen) atoms. The largest absolute Gasteiger partial charge is 0.491 e. The summed E-state index contributed by atoms with van der Waals surface area (Å²) in [6, 6.07) is 19.8. The molecule has 0 bridgehead atoms. The van der Waals surface area contributed by atoms with E-state index in [2.05, 4.69) is 42.6 Å². The molecule has 0 atom stereocenters. The van der Waals surface area contributed by atoms with E-state index in [9.17, 15) is 19.1 Å². The minimum Gasteiger partial charge on any atom is -0.491 e. The van der Waals surface area contributed by atoms with Crippen LogP contribution in [0.1, 0.15) is 51.0 Å². The number of aromatic carboxylic acids is 1. The van der Waals surface area contributed by atoms with Gasteiger partial charge >= 0.3 is 12.1 Å². The van der Waals surface area contributed by atoms with Crippen LogP contribution in [0.4, 0.5) is 36.8 Å². The normalized spacial score (nSPS) is 10.8. The summed E-state index contributed by atoms with van der Waals surface area (Å²) >= 11 is 2.75. The fraction of sp³-hybridized carbons (Fsp3) is 0.286. The zero-order valence-electron chi connectivity index (χ0n) is 33.2. The number of hydrogen-bond donors (Lipinski definition) is 3. The Balaban J connectivity index is 0.980. The van der Waals surface area contributed by atoms with E-state index in [0.29, 0.717) is 58.4 Å². The van der Waals surface area contributed by atoms with Crippen LogP contribution < -0.4 is 20.3 Å². The number of thiazole rings is 2. The van der Waals surface area contributed by atoms with Crippen molar-refractivity contribution in [2.75, 3.05) is 56.4 Å². The average Bonchev–Trinajstić information content (AvgIpc) is 3.86. The summed E-state index contributed by atoms with van der Waals surface area (Å²) in [6.45, 7) is 5.07. The number of para-hydroxylation sites is 1. The van der Waals surface area contributed by atoms with Gasteiger partial charge in [0.2, 0.25) is 0 Å². The van der Waals surface area contributed by atoms with Gasteiger partial charge in [-0.1, -0.05) is 41.4 Å². The lowest BCUT2D eigenvalue weighted by Crippen LogP contribution is -2.27. The van der Waals surface area contributed by atoms with Crippen LogP contribution in [0.2, 0.25) is 0 Å². The Bertz CT molecular complexity index is 2470. The zero-order valence-corrected chi connectivity index (χ0v) is 34.8. The molecule has 14 nitrogen and oxygen atoms in total. The van der Waals surface area contributed by atoms with E-state index in [1.54, 1.807) is 25.1 Å². The van der Waals surface area contributed by atoms with Gasteiger partial charge < -0.3 is 39.8 Å². The standard InChI is InChI=1S/C42H43FN8O6S2/c1-6-55-24-29-23-30(44-3)17-16-28(29)25-57-42(54)50(4)19-9-11-27-15-18-33(31(43)22-27)56-20-10-14-35-37(39(52)53)46-41(59-35)51(5)36-21-26(2)38(49-48-36)47-40-45-32-12-7-8-13-34(32)58-40/h7-8,12-13,15-18,21-23,44H,6,10,14,19-20,24-25H2,1-5H3,(H,52,53)(H,45,47,49). The van der Waals surface area contributed by atoms with Gasteiger partial charge in [-0.05, 0) is 91.9 Å². The molecule has 0 saturated carbocycles. The van der Waals surface area contributed by atoms with Crippen molar-refractivity contribution >= 4 is 72.5 Å². The molecule has 6 aromatic rings. The van der Waals surface area contributed by atoms with Gasteiger partial charge in [-0.15, -0.1) is 21.5 Å². The number of ether oxygens (including phenoxy) is 3. The first kappa shape index (κ1) is 42.3. The van der Waals surface area contributed by atoms with Gasteiger partial charge in [0.15, 0.2) is 39.2 Å². The minimum atomic E-state index is -1.15. The number of nitrogens with one attached hydrogen (secondary N) is 2. The second-order valence-corrected chi connectivity index (χ2v) is 15.3. The smallest absolute Gasteiger partial charge is 0.410 e. The number of carbonyl (C=O) groups is 2. The highest BCUT2D eigenvalue weighted by Crippen LogP contribution is 2.33. The van der Waals surface area contributed by atoms with Crippen molar-refractivity contribution in [3.8, 4) is 17.6 Å². The first-order valence-electron chi connectivity index (χ1n) is 18.6. The third-order valence-corrected chi connectivity index (χ3v) is 11.1. The van der Waals surface area contributed by atoms with Crippen LogP contribution in [-0.2, 0) is 29.1 Å². The summed E-state index contributed by atoms with van der Waals surface area (Å²) in [5, 5.41) is 26.1. The molecule has 0 fully saturated rings. The van der Waals surface area contributed by atoms with E-state index < -0.39 is 17.9 Å². The Morgan fingerprint density at radius 1 is 0.983 bits per heavy atom. The Morgan fingerprint density at radius 2 is 1.81 bits per heavy atom. The number of rotatable bonds is 17. The molecule has 306 valence electrons. The number of carboxylic acids is 1. The molecule has 17 heteroatoms. The molecule has 0 aliphatic heterocycles. The first-order valence-corrected chi connectivity index (χ1v) is 20.3. The van der Waals surface area contributed by atoms with Crippen molar-refractivity contribution in [3.63, 3.8) is 0 Å². The highest BCUT2D eigenvalue weighted by Gasteiger charge is 2.21. The number of benzene rings is 3. The Labute approximate surface area is 349 Å². The predicted octanol–water partition coefficient (Wildman–Crippen LogP) is 8.41. The van der Waals surface area contributed by atoms with Crippen LogP contribution in [0.3, 0.4) is 0 Å². The third-order valence-electron chi connectivity index (χ3n) is 8.92. The first-order chi connectivity index (χ1) is 28.5. The quantitative estimate of drug-likeness (QED) is 0.0593. The summed E-state index contributed by atoms with van der Waals surface area (Å²) in [7, 11) is 5.15. The fourth-order valence-corrected chi connectivity index (χ4v) is 7.58. The van der Waals surface area contributed by atoms with Gasteiger partial charge in [0, 0.05) is 43.9 Å². The Hall–Kier alpha value is -6.35. The molecular formula is C42H43FN8O6S2. The van der Waals surface area contributed by atoms with Crippen molar-refractivity contribution in [1.29, 1.82) is 0 Å². The van der Waals surface area contributed by atoms with Crippen molar-refractivity contribution in [2.45, 2.75) is 39.9 Å². The summed E-state index contributed by atoms with van der Waals surface area (Å²) in [6.07, 6.45) is 0.215. The third kappa shape index (κ3) is 11.0. The summed E-state index contributed by atoms with van der Waals surface area (Å²) in [5.74, 6) is 5.09. The molecule has 0 aliphatic rings. The van der Waals surface area contributed by atoms with Gasteiger partial charge in [0.1, 0.15) is 6.61 Å². The lowest BCUT2D eigenvalue weighted by molar-refractivity contribution is 0.0690. The number of fused-ring (bicyclic) bond motifs is 1. The highest BCUT2D eigenvalue weighted by molar-refractivity contribution is 7.22. The molecule has 6 rings (SSSR count). The molecule has 0 unspecified atom stereocenters. The summed E-state index contributed by atoms with van der Waals surface area (Å²) in [4.78, 5) is 37.3. The molecule has 0 spiro atoms. The van der Waals surface area contributed by atoms with Crippen LogP contribution in [0, 0.1) is 24.6 Å². The molecule has 3 N–H and O–H groups in total. The number of amides is 1. The predicted molar refractivity (Wildman–Crippen MR) is 228 cm³/mol. The number of aryl methyl sites for hydroxylation is 2. The number of aromatic nitrogens is 4. The van der Waals surface area contributed by atoms with Crippen LogP contribution in [0.5, 0.6) is 5.75 Å². The van der Waals surface area contributed by atoms with Gasteiger partial charge in [-0.2, -0.15) is 0 Å². The lowest BCUT2D eigenvalue weighted by Gasteiger charge is -2.16. The number of anilines is 5. The maximum atomic E-state index is 15.0. The summed E-state index contributed by atoms with van der Waals surface area (Å²) in [5.41, 5.74) is 4.76. The molecule has 3 heterocycles.